The SMILES string of the molecule is CCOCCCC1(C2CCCC2)OC(C(=O)OCc2cccnc2)=CC1=O. The molecule has 2 aliphatic rings. The van der Waals surface area contributed by atoms with Gasteiger partial charge >= 0.3 is 5.97 Å². The van der Waals surface area contributed by atoms with Crippen LogP contribution in [0.25, 0.3) is 0 Å². The van der Waals surface area contributed by atoms with Crippen molar-refractivity contribution < 1.29 is 23.8 Å². The maximum atomic E-state index is 12.9. The fourth-order valence-electron chi connectivity index (χ4n) is 3.96. The minimum absolute atomic E-state index is 0.0206. The van der Waals surface area contributed by atoms with E-state index in [2.05, 4.69) is 4.98 Å². The molecule has 3 rings (SSSR count). The smallest absolute Gasteiger partial charge is 0.374 e. The number of hydrogen-bond donors (Lipinski definition) is 0. The molecule has 146 valence electrons. The minimum Gasteiger partial charge on any atom is -0.471 e. The van der Waals surface area contributed by atoms with E-state index in [1.807, 2.05) is 13.0 Å². The van der Waals surface area contributed by atoms with Gasteiger partial charge in [-0.25, -0.2) is 4.79 Å². The van der Waals surface area contributed by atoms with Crippen molar-refractivity contribution in [2.75, 3.05) is 13.2 Å². The molecule has 0 bridgehead atoms. The Labute approximate surface area is 159 Å². The molecule has 1 aliphatic carbocycles. The highest BCUT2D eigenvalue weighted by Crippen LogP contribution is 2.44. The number of ketones is 1. The lowest BCUT2D eigenvalue weighted by Gasteiger charge is -2.34. The van der Waals surface area contributed by atoms with E-state index in [0.29, 0.717) is 19.6 Å². The van der Waals surface area contributed by atoms with Gasteiger partial charge in [-0.15, -0.1) is 0 Å². The first-order valence-electron chi connectivity index (χ1n) is 9.74. The molecule has 1 fully saturated rings. The predicted molar refractivity (Wildman–Crippen MR) is 98.6 cm³/mol. The summed E-state index contributed by atoms with van der Waals surface area (Å²) in [6.07, 6.45) is 9.99. The molecule has 0 saturated heterocycles. The molecule has 0 spiro atoms. The Kier molecular flexibility index (Phi) is 6.61. The van der Waals surface area contributed by atoms with Crippen molar-refractivity contribution in [2.24, 2.45) is 5.92 Å². The molecule has 27 heavy (non-hydrogen) atoms. The van der Waals surface area contributed by atoms with E-state index < -0.39 is 11.6 Å². The molecule has 0 aromatic carbocycles. The van der Waals surface area contributed by atoms with Crippen LogP contribution in [0.2, 0.25) is 0 Å². The van der Waals surface area contributed by atoms with Gasteiger partial charge in [0.05, 0.1) is 0 Å². The van der Waals surface area contributed by atoms with E-state index in [4.69, 9.17) is 14.2 Å². The minimum atomic E-state index is -0.934. The van der Waals surface area contributed by atoms with Crippen molar-refractivity contribution in [2.45, 2.75) is 57.7 Å². The number of esters is 1. The summed E-state index contributed by atoms with van der Waals surface area (Å²) in [6, 6.07) is 3.60. The van der Waals surface area contributed by atoms with Crippen LogP contribution in [0.1, 0.15) is 51.0 Å². The van der Waals surface area contributed by atoms with Crippen LogP contribution >= 0.6 is 0 Å². The summed E-state index contributed by atoms with van der Waals surface area (Å²) in [4.78, 5) is 29.3. The molecular weight excluding hydrogens is 346 g/mol. The molecule has 1 atom stereocenters. The highest BCUT2D eigenvalue weighted by molar-refractivity contribution is 6.06. The van der Waals surface area contributed by atoms with E-state index in [-0.39, 0.29) is 24.1 Å². The van der Waals surface area contributed by atoms with Crippen LogP contribution in [0.5, 0.6) is 0 Å². The quantitative estimate of drug-likeness (QED) is 0.488. The Morgan fingerprint density at radius 1 is 1.37 bits per heavy atom. The fourth-order valence-corrected chi connectivity index (χ4v) is 3.96. The number of pyridine rings is 1. The van der Waals surface area contributed by atoms with Crippen molar-refractivity contribution in [3.05, 3.63) is 41.9 Å². The highest BCUT2D eigenvalue weighted by Gasteiger charge is 2.52. The Morgan fingerprint density at radius 3 is 2.89 bits per heavy atom. The van der Waals surface area contributed by atoms with Gasteiger partial charge in [0.15, 0.2) is 5.60 Å². The topological polar surface area (TPSA) is 74.7 Å². The Balaban J connectivity index is 1.64. The standard InChI is InChI=1S/C21H27NO5/c1-2-25-12-6-10-21(17-8-3-4-9-17)19(23)13-18(27-21)20(24)26-15-16-7-5-11-22-14-16/h5,7,11,13-14,17H,2-4,6,8-10,12,15H2,1H3. The summed E-state index contributed by atoms with van der Waals surface area (Å²) in [5, 5.41) is 0. The molecule has 0 radical (unpaired) electrons. The number of rotatable bonds is 9. The molecule has 6 nitrogen and oxygen atoms in total. The van der Waals surface area contributed by atoms with Gasteiger partial charge in [0.25, 0.3) is 0 Å². The first kappa shape index (κ1) is 19.5. The lowest BCUT2D eigenvalue weighted by Crippen LogP contribution is -2.44. The number of ether oxygens (including phenoxy) is 3. The molecule has 1 unspecified atom stereocenters. The average Bonchev–Trinajstić information content (AvgIpc) is 3.33. The zero-order valence-corrected chi connectivity index (χ0v) is 15.8. The summed E-state index contributed by atoms with van der Waals surface area (Å²) < 4.78 is 16.8. The van der Waals surface area contributed by atoms with E-state index in [1.165, 1.54) is 6.08 Å². The number of carbonyl (C=O) groups excluding carboxylic acids is 2. The van der Waals surface area contributed by atoms with Gasteiger partial charge in [-0.05, 0) is 38.7 Å². The number of carbonyl (C=O) groups is 2. The molecule has 0 N–H and O–H groups in total. The lowest BCUT2D eigenvalue weighted by atomic mass is 9.79. The Bertz CT molecular complexity index is 681. The summed E-state index contributed by atoms with van der Waals surface area (Å²) >= 11 is 0. The Hall–Kier alpha value is -2.21. The van der Waals surface area contributed by atoms with Crippen molar-refractivity contribution >= 4 is 11.8 Å². The third-order valence-corrected chi connectivity index (χ3v) is 5.32. The molecule has 1 saturated carbocycles. The van der Waals surface area contributed by atoms with Crippen LogP contribution in [-0.4, -0.2) is 35.6 Å². The van der Waals surface area contributed by atoms with Gasteiger partial charge in [-0.1, -0.05) is 18.9 Å². The highest BCUT2D eigenvalue weighted by atomic mass is 16.6. The normalized spacial score (nSPS) is 22.6. The summed E-state index contributed by atoms with van der Waals surface area (Å²) in [7, 11) is 0. The zero-order valence-electron chi connectivity index (χ0n) is 15.8. The van der Waals surface area contributed by atoms with Gasteiger partial charge in [-0.3, -0.25) is 9.78 Å². The first-order valence-corrected chi connectivity index (χ1v) is 9.74. The number of nitrogens with zero attached hydrogens (tertiary/aromatic N) is 1. The summed E-state index contributed by atoms with van der Waals surface area (Å²) in [5.74, 6) is -0.546. The fraction of sp³-hybridized carbons (Fsp3) is 0.571. The second kappa shape index (κ2) is 9.13. The number of hydrogen-bond acceptors (Lipinski definition) is 6. The van der Waals surface area contributed by atoms with Crippen LogP contribution in [0, 0.1) is 5.92 Å². The molecular formula is C21H27NO5. The molecule has 2 heterocycles. The van der Waals surface area contributed by atoms with Crippen LogP contribution in [0.3, 0.4) is 0 Å². The molecule has 6 heteroatoms. The zero-order chi connectivity index (χ0) is 19.1. The maximum absolute atomic E-state index is 12.9. The molecule has 0 amide bonds. The van der Waals surface area contributed by atoms with E-state index in [1.54, 1.807) is 18.5 Å². The van der Waals surface area contributed by atoms with E-state index in [9.17, 15) is 9.59 Å². The Morgan fingerprint density at radius 2 is 2.19 bits per heavy atom. The third-order valence-electron chi connectivity index (χ3n) is 5.32. The van der Waals surface area contributed by atoms with Crippen LogP contribution in [0.15, 0.2) is 36.4 Å². The van der Waals surface area contributed by atoms with Gasteiger partial charge < -0.3 is 14.2 Å². The average molecular weight is 373 g/mol. The van der Waals surface area contributed by atoms with Crippen LogP contribution in [-0.2, 0) is 30.4 Å². The first-order chi connectivity index (χ1) is 13.2. The summed E-state index contributed by atoms with van der Waals surface area (Å²) in [6.45, 7) is 3.28. The monoisotopic (exact) mass is 373 g/mol. The third kappa shape index (κ3) is 4.56. The van der Waals surface area contributed by atoms with Crippen molar-refractivity contribution in [1.82, 2.24) is 4.98 Å². The van der Waals surface area contributed by atoms with Crippen molar-refractivity contribution in [3.8, 4) is 0 Å². The van der Waals surface area contributed by atoms with Crippen molar-refractivity contribution in [1.29, 1.82) is 0 Å². The van der Waals surface area contributed by atoms with E-state index in [0.717, 1.165) is 37.7 Å². The van der Waals surface area contributed by atoms with Crippen LogP contribution < -0.4 is 0 Å². The lowest BCUT2D eigenvalue weighted by molar-refractivity contribution is -0.151. The van der Waals surface area contributed by atoms with E-state index >= 15 is 0 Å². The molecule has 1 aromatic heterocycles. The number of aromatic nitrogens is 1. The summed E-state index contributed by atoms with van der Waals surface area (Å²) in [5.41, 5.74) is -0.148. The maximum Gasteiger partial charge on any atom is 0.374 e. The van der Waals surface area contributed by atoms with Gasteiger partial charge in [0, 0.05) is 43.2 Å². The molecule has 1 aromatic rings. The largest absolute Gasteiger partial charge is 0.471 e. The second-order valence-corrected chi connectivity index (χ2v) is 7.08. The van der Waals surface area contributed by atoms with Crippen molar-refractivity contribution in [3.63, 3.8) is 0 Å². The molecule has 1 aliphatic heterocycles. The van der Waals surface area contributed by atoms with Crippen LogP contribution in [0.4, 0.5) is 0 Å². The second-order valence-electron chi connectivity index (χ2n) is 7.08. The van der Waals surface area contributed by atoms with Gasteiger partial charge in [-0.2, -0.15) is 0 Å². The van der Waals surface area contributed by atoms with Gasteiger partial charge in [0.2, 0.25) is 11.5 Å². The van der Waals surface area contributed by atoms with Gasteiger partial charge in [0.1, 0.15) is 6.61 Å². The predicted octanol–water partition coefficient (Wildman–Crippen LogP) is 3.35.